The van der Waals surface area contributed by atoms with Crippen molar-refractivity contribution in [3.63, 3.8) is 0 Å². The van der Waals surface area contributed by atoms with Gasteiger partial charge in [-0.2, -0.15) is 0 Å². The van der Waals surface area contributed by atoms with Gasteiger partial charge < -0.3 is 15.0 Å². The number of ether oxygens (including phenoxy) is 1. The predicted octanol–water partition coefficient (Wildman–Crippen LogP) is 2.73. The lowest BCUT2D eigenvalue weighted by atomic mass is 10.2. The summed E-state index contributed by atoms with van der Waals surface area (Å²) in [6.45, 7) is 5.55. The molecule has 1 fully saturated rings. The Labute approximate surface area is 110 Å². The minimum absolute atomic E-state index is 0.684. The number of methoxy groups -OCH3 is 1. The first-order chi connectivity index (χ1) is 8.88. The van der Waals surface area contributed by atoms with Crippen LogP contribution >= 0.6 is 0 Å². The van der Waals surface area contributed by atoms with Crippen molar-refractivity contribution < 1.29 is 4.74 Å². The maximum Gasteiger partial charge on any atom is 0.0713 e. The van der Waals surface area contributed by atoms with Crippen LogP contribution in [0, 0.1) is 0 Å². The van der Waals surface area contributed by atoms with E-state index in [1.54, 1.807) is 7.11 Å². The van der Waals surface area contributed by atoms with Crippen LogP contribution in [0.3, 0.4) is 0 Å². The van der Waals surface area contributed by atoms with Crippen LogP contribution in [-0.4, -0.2) is 38.2 Å². The van der Waals surface area contributed by atoms with Crippen molar-refractivity contribution >= 4 is 5.69 Å². The third kappa shape index (κ3) is 4.31. The molecule has 1 aromatic rings. The summed E-state index contributed by atoms with van der Waals surface area (Å²) < 4.78 is 5.14. The Kier molecular flexibility index (Phi) is 5.49. The van der Waals surface area contributed by atoms with Gasteiger partial charge in [-0.3, -0.25) is 0 Å². The number of likely N-dealkylation sites (tertiary alicyclic amines) is 1. The largest absolute Gasteiger partial charge is 0.385 e. The second kappa shape index (κ2) is 7.39. The summed E-state index contributed by atoms with van der Waals surface area (Å²) >= 11 is 0. The quantitative estimate of drug-likeness (QED) is 0.751. The molecule has 1 aromatic carbocycles. The van der Waals surface area contributed by atoms with Gasteiger partial charge in [0.15, 0.2) is 0 Å². The van der Waals surface area contributed by atoms with Crippen LogP contribution in [0.15, 0.2) is 24.3 Å². The van der Waals surface area contributed by atoms with E-state index in [1.807, 2.05) is 0 Å². The van der Waals surface area contributed by atoms with Crippen LogP contribution in [0.25, 0.3) is 0 Å². The highest BCUT2D eigenvalue weighted by Gasteiger charge is 2.09. The molecule has 2 rings (SSSR count). The molecule has 0 aromatic heterocycles. The molecule has 1 N–H and O–H groups in total. The minimum Gasteiger partial charge on any atom is -0.385 e. The number of benzene rings is 1. The molecule has 1 aliphatic rings. The van der Waals surface area contributed by atoms with Crippen molar-refractivity contribution in [2.45, 2.75) is 25.9 Å². The second-order valence-electron chi connectivity index (χ2n) is 4.96. The molecular weight excluding hydrogens is 224 g/mol. The van der Waals surface area contributed by atoms with E-state index in [-0.39, 0.29) is 0 Å². The summed E-state index contributed by atoms with van der Waals surface area (Å²) in [6, 6.07) is 8.46. The van der Waals surface area contributed by atoms with Gasteiger partial charge in [-0.25, -0.2) is 0 Å². The number of anilines is 1. The maximum atomic E-state index is 5.14. The Balaban J connectivity index is 1.67. The average Bonchev–Trinajstić information content (AvgIpc) is 2.89. The van der Waals surface area contributed by atoms with Crippen LogP contribution in [0.5, 0.6) is 0 Å². The Bertz CT molecular complexity index is 348. The zero-order valence-electron chi connectivity index (χ0n) is 11.3. The molecule has 0 atom stereocenters. The van der Waals surface area contributed by atoms with Crippen LogP contribution < -0.4 is 5.32 Å². The van der Waals surface area contributed by atoms with Gasteiger partial charge in [0.1, 0.15) is 0 Å². The minimum atomic E-state index is 0.684. The molecule has 0 bridgehead atoms. The first-order valence-corrected chi connectivity index (χ1v) is 6.92. The Morgan fingerprint density at radius 3 is 2.89 bits per heavy atom. The number of hydrogen-bond donors (Lipinski definition) is 1. The van der Waals surface area contributed by atoms with E-state index in [1.165, 1.54) is 50.1 Å². The van der Waals surface area contributed by atoms with Gasteiger partial charge in [-0.1, -0.05) is 12.1 Å². The first kappa shape index (κ1) is 13.4. The fourth-order valence-corrected chi connectivity index (χ4v) is 2.48. The third-order valence-electron chi connectivity index (χ3n) is 3.42. The van der Waals surface area contributed by atoms with Crippen LogP contribution in [0.4, 0.5) is 5.69 Å². The summed E-state index contributed by atoms with van der Waals surface area (Å²) in [5, 5.41) is 3.49. The predicted molar refractivity (Wildman–Crippen MR) is 75.9 cm³/mol. The Hall–Kier alpha value is -1.06. The molecule has 0 radical (unpaired) electrons. The van der Waals surface area contributed by atoms with Gasteiger partial charge in [0.2, 0.25) is 0 Å². The summed E-state index contributed by atoms with van der Waals surface area (Å²) in [7, 11) is 1.73. The zero-order chi connectivity index (χ0) is 12.6. The van der Waals surface area contributed by atoms with E-state index in [2.05, 4.69) is 34.5 Å². The van der Waals surface area contributed by atoms with Crippen molar-refractivity contribution in [3.8, 4) is 0 Å². The molecule has 1 aliphatic heterocycles. The molecule has 3 nitrogen and oxygen atoms in total. The van der Waals surface area contributed by atoms with Gasteiger partial charge in [0.25, 0.3) is 0 Å². The maximum absolute atomic E-state index is 5.14. The van der Waals surface area contributed by atoms with E-state index < -0.39 is 0 Å². The Morgan fingerprint density at radius 2 is 2.11 bits per heavy atom. The molecule has 1 saturated heterocycles. The summed E-state index contributed by atoms with van der Waals surface area (Å²) in [6.07, 6.45) is 3.98. The van der Waals surface area contributed by atoms with Gasteiger partial charge in [0, 0.05) is 19.3 Å². The fourth-order valence-electron chi connectivity index (χ4n) is 2.48. The summed E-state index contributed by atoms with van der Waals surface area (Å²) in [5.41, 5.74) is 2.42. The normalized spacial score (nSPS) is 16.1. The number of rotatable bonds is 7. The monoisotopic (exact) mass is 248 g/mol. The highest BCUT2D eigenvalue weighted by Crippen LogP contribution is 2.12. The van der Waals surface area contributed by atoms with Gasteiger partial charge in [0.05, 0.1) is 6.61 Å². The summed E-state index contributed by atoms with van der Waals surface area (Å²) in [4.78, 5) is 2.56. The average molecular weight is 248 g/mol. The van der Waals surface area contributed by atoms with E-state index in [0.29, 0.717) is 6.61 Å². The van der Waals surface area contributed by atoms with E-state index in [0.717, 1.165) is 6.54 Å². The van der Waals surface area contributed by atoms with Crippen molar-refractivity contribution in [3.05, 3.63) is 29.8 Å². The fraction of sp³-hybridized carbons (Fsp3) is 0.600. The van der Waals surface area contributed by atoms with E-state index in [9.17, 15) is 0 Å². The molecule has 0 saturated carbocycles. The highest BCUT2D eigenvalue weighted by molar-refractivity contribution is 5.45. The molecule has 0 spiro atoms. The van der Waals surface area contributed by atoms with E-state index in [4.69, 9.17) is 4.74 Å². The van der Waals surface area contributed by atoms with Gasteiger partial charge in [-0.15, -0.1) is 0 Å². The number of nitrogens with one attached hydrogen (secondary N) is 1. The molecule has 100 valence electrons. The molecule has 18 heavy (non-hydrogen) atoms. The Morgan fingerprint density at radius 1 is 1.28 bits per heavy atom. The van der Waals surface area contributed by atoms with Crippen LogP contribution in [0.2, 0.25) is 0 Å². The van der Waals surface area contributed by atoms with Crippen molar-refractivity contribution in [2.24, 2.45) is 0 Å². The van der Waals surface area contributed by atoms with Gasteiger partial charge in [-0.05, 0) is 56.6 Å². The number of hydrogen-bond acceptors (Lipinski definition) is 3. The standard InChI is InChI=1S/C15H24N2O/c1-18-13-14-6-4-7-15(12-14)16-8-5-11-17-9-2-3-10-17/h4,6-7,12,16H,2-3,5,8-11,13H2,1H3. The van der Waals surface area contributed by atoms with Crippen LogP contribution in [0.1, 0.15) is 24.8 Å². The lowest BCUT2D eigenvalue weighted by Crippen LogP contribution is -2.22. The third-order valence-corrected chi connectivity index (χ3v) is 3.42. The van der Waals surface area contributed by atoms with Crippen molar-refractivity contribution in [1.82, 2.24) is 4.90 Å². The molecule has 3 heteroatoms. The van der Waals surface area contributed by atoms with Crippen LogP contribution in [-0.2, 0) is 11.3 Å². The first-order valence-electron chi connectivity index (χ1n) is 6.92. The van der Waals surface area contributed by atoms with Crippen molar-refractivity contribution in [2.75, 3.05) is 38.6 Å². The zero-order valence-corrected chi connectivity index (χ0v) is 11.3. The second-order valence-corrected chi connectivity index (χ2v) is 4.96. The van der Waals surface area contributed by atoms with E-state index >= 15 is 0 Å². The van der Waals surface area contributed by atoms with Crippen molar-refractivity contribution in [1.29, 1.82) is 0 Å². The molecule has 0 unspecified atom stereocenters. The molecule has 1 heterocycles. The lowest BCUT2D eigenvalue weighted by Gasteiger charge is -2.14. The molecular formula is C15H24N2O. The topological polar surface area (TPSA) is 24.5 Å². The SMILES string of the molecule is COCc1cccc(NCCCN2CCCC2)c1. The number of nitrogens with zero attached hydrogens (tertiary/aromatic N) is 1. The lowest BCUT2D eigenvalue weighted by molar-refractivity contribution is 0.185. The molecule has 0 aliphatic carbocycles. The summed E-state index contributed by atoms with van der Waals surface area (Å²) in [5.74, 6) is 0. The highest BCUT2D eigenvalue weighted by atomic mass is 16.5. The molecule has 0 amide bonds. The smallest absolute Gasteiger partial charge is 0.0713 e. The van der Waals surface area contributed by atoms with Gasteiger partial charge >= 0.3 is 0 Å².